The summed E-state index contributed by atoms with van der Waals surface area (Å²) >= 11 is 18.0. The minimum absolute atomic E-state index is 0.0381. The lowest BCUT2D eigenvalue weighted by molar-refractivity contribution is 0.798. The fourth-order valence-corrected chi connectivity index (χ4v) is 2.11. The van der Waals surface area contributed by atoms with Crippen molar-refractivity contribution in [3.8, 4) is 5.95 Å². The Morgan fingerprint density at radius 1 is 1.00 bits per heavy atom. The highest BCUT2D eigenvalue weighted by Gasteiger charge is 2.10. The van der Waals surface area contributed by atoms with Crippen LogP contribution in [0, 0.1) is 0 Å². The molecule has 6 nitrogen and oxygen atoms in total. The molecule has 2 heterocycles. The SMILES string of the molecule is Clc1nc(Nc2cccc(Cl)c2Cl)nc(-n2cccn2)n1. The van der Waals surface area contributed by atoms with Gasteiger partial charge in [0, 0.05) is 12.4 Å². The molecule has 9 heteroatoms. The second-order valence-electron chi connectivity index (χ2n) is 3.91. The van der Waals surface area contributed by atoms with Gasteiger partial charge >= 0.3 is 0 Å². The van der Waals surface area contributed by atoms with Gasteiger partial charge < -0.3 is 5.32 Å². The van der Waals surface area contributed by atoms with Gasteiger partial charge in [0.1, 0.15) is 0 Å². The molecule has 2 aromatic heterocycles. The smallest absolute Gasteiger partial charge is 0.256 e. The predicted molar refractivity (Wildman–Crippen MR) is 81.7 cm³/mol. The molecule has 0 aliphatic heterocycles. The Morgan fingerprint density at radius 3 is 2.62 bits per heavy atom. The van der Waals surface area contributed by atoms with Crippen LogP contribution in [0.25, 0.3) is 5.95 Å². The summed E-state index contributed by atoms with van der Waals surface area (Å²) < 4.78 is 1.47. The van der Waals surface area contributed by atoms with Crippen molar-refractivity contribution in [1.82, 2.24) is 24.7 Å². The summed E-state index contributed by atoms with van der Waals surface area (Å²) in [5, 5.41) is 7.82. The number of aromatic nitrogens is 5. The Kier molecular flexibility index (Phi) is 3.92. The summed E-state index contributed by atoms with van der Waals surface area (Å²) in [4.78, 5) is 12.2. The number of rotatable bonds is 3. The van der Waals surface area contributed by atoms with Crippen molar-refractivity contribution in [3.63, 3.8) is 0 Å². The van der Waals surface area contributed by atoms with E-state index in [2.05, 4.69) is 25.4 Å². The molecule has 1 aromatic carbocycles. The second kappa shape index (κ2) is 5.85. The topological polar surface area (TPSA) is 68.5 Å². The highest BCUT2D eigenvalue weighted by molar-refractivity contribution is 6.43. The van der Waals surface area contributed by atoms with Gasteiger partial charge in [-0.15, -0.1) is 0 Å². The van der Waals surface area contributed by atoms with Gasteiger partial charge in [-0.3, -0.25) is 0 Å². The average Bonchev–Trinajstić information content (AvgIpc) is 2.97. The summed E-state index contributed by atoms with van der Waals surface area (Å²) in [5.41, 5.74) is 0.567. The molecule has 0 aliphatic carbocycles. The van der Waals surface area contributed by atoms with E-state index in [1.54, 1.807) is 36.7 Å². The predicted octanol–water partition coefficient (Wildman–Crippen LogP) is 3.76. The standard InChI is InChI=1S/C12H7Cl3N6/c13-7-3-1-4-8(9(7)14)17-11-18-10(15)19-12(20-11)21-6-2-5-16-21/h1-6H,(H,17,18,19,20). The van der Waals surface area contributed by atoms with Gasteiger partial charge in [-0.2, -0.15) is 20.1 Å². The maximum atomic E-state index is 6.11. The molecule has 0 unspecified atom stereocenters. The Balaban J connectivity index is 1.98. The largest absolute Gasteiger partial charge is 0.323 e. The minimum Gasteiger partial charge on any atom is -0.323 e. The van der Waals surface area contributed by atoms with Gasteiger partial charge in [0.2, 0.25) is 11.2 Å². The normalized spacial score (nSPS) is 10.6. The summed E-state index contributed by atoms with van der Waals surface area (Å²) in [6, 6.07) is 6.94. The lowest BCUT2D eigenvalue weighted by atomic mass is 10.3. The summed E-state index contributed by atoms with van der Waals surface area (Å²) in [5.74, 6) is 0.533. The second-order valence-corrected chi connectivity index (χ2v) is 5.03. The number of anilines is 2. The maximum absolute atomic E-state index is 6.11. The summed E-state index contributed by atoms with van der Waals surface area (Å²) in [6.45, 7) is 0. The lowest BCUT2D eigenvalue weighted by Gasteiger charge is -2.09. The van der Waals surface area contributed by atoms with E-state index < -0.39 is 0 Å². The van der Waals surface area contributed by atoms with Crippen molar-refractivity contribution in [1.29, 1.82) is 0 Å². The van der Waals surface area contributed by atoms with Gasteiger partial charge in [0.15, 0.2) is 0 Å². The zero-order valence-electron chi connectivity index (χ0n) is 10.3. The van der Waals surface area contributed by atoms with E-state index in [0.29, 0.717) is 21.7 Å². The minimum atomic E-state index is 0.0381. The van der Waals surface area contributed by atoms with Crippen LogP contribution >= 0.6 is 34.8 Å². The summed E-state index contributed by atoms with van der Waals surface area (Å²) in [6.07, 6.45) is 3.31. The molecule has 3 rings (SSSR count). The van der Waals surface area contributed by atoms with Crippen molar-refractivity contribution in [2.75, 3.05) is 5.32 Å². The number of nitrogens with zero attached hydrogens (tertiary/aromatic N) is 5. The zero-order valence-corrected chi connectivity index (χ0v) is 12.6. The molecule has 0 spiro atoms. The highest BCUT2D eigenvalue weighted by Crippen LogP contribution is 2.31. The number of hydrogen-bond donors (Lipinski definition) is 1. The third-order valence-corrected chi connectivity index (χ3v) is 3.49. The van der Waals surface area contributed by atoms with Crippen molar-refractivity contribution in [2.24, 2.45) is 0 Å². The molecule has 106 valence electrons. The van der Waals surface area contributed by atoms with Crippen molar-refractivity contribution in [2.45, 2.75) is 0 Å². The molecular weight excluding hydrogens is 335 g/mol. The maximum Gasteiger partial charge on any atom is 0.256 e. The van der Waals surface area contributed by atoms with Crippen LogP contribution in [-0.4, -0.2) is 24.7 Å². The zero-order chi connectivity index (χ0) is 14.8. The van der Waals surface area contributed by atoms with Gasteiger partial charge in [-0.1, -0.05) is 29.3 Å². The average molecular weight is 342 g/mol. The van der Waals surface area contributed by atoms with Crippen LogP contribution in [0.1, 0.15) is 0 Å². The van der Waals surface area contributed by atoms with Crippen molar-refractivity contribution >= 4 is 46.4 Å². The van der Waals surface area contributed by atoms with Crippen molar-refractivity contribution in [3.05, 3.63) is 52.0 Å². The fraction of sp³-hybridized carbons (Fsp3) is 0. The molecule has 3 aromatic rings. The molecule has 21 heavy (non-hydrogen) atoms. The van der Waals surface area contributed by atoms with Crippen LogP contribution in [0.4, 0.5) is 11.6 Å². The molecule has 0 saturated heterocycles. The first-order chi connectivity index (χ1) is 10.1. The first kappa shape index (κ1) is 14.1. The highest BCUT2D eigenvalue weighted by atomic mass is 35.5. The van der Waals surface area contributed by atoms with E-state index in [4.69, 9.17) is 34.8 Å². The quantitative estimate of drug-likeness (QED) is 0.785. The van der Waals surface area contributed by atoms with Gasteiger partial charge in [-0.05, 0) is 29.8 Å². The molecular formula is C12H7Cl3N6. The van der Waals surface area contributed by atoms with Crippen LogP contribution in [0.15, 0.2) is 36.7 Å². The van der Waals surface area contributed by atoms with E-state index in [-0.39, 0.29) is 11.2 Å². The molecule has 0 saturated carbocycles. The Bertz CT molecular complexity index is 775. The number of nitrogens with one attached hydrogen (secondary N) is 1. The first-order valence-corrected chi connectivity index (χ1v) is 6.89. The van der Waals surface area contributed by atoms with Crippen LogP contribution in [0.5, 0.6) is 0 Å². The van der Waals surface area contributed by atoms with E-state index in [9.17, 15) is 0 Å². The molecule has 0 bridgehead atoms. The molecule has 0 fully saturated rings. The van der Waals surface area contributed by atoms with E-state index in [1.165, 1.54) is 4.68 Å². The number of benzene rings is 1. The fourth-order valence-electron chi connectivity index (χ4n) is 1.61. The number of halogens is 3. The Hall–Kier alpha value is -1.89. The molecule has 0 radical (unpaired) electrons. The third-order valence-electron chi connectivity index (χ3n) is 2.50. The van der Waals surface area contributed by atoms with Crippen LogP contribution in [-0.2, 0) is 0 Å². The van der Waals surface area contributed by atoms with Crippen LogP contribution in [0.3, 0.4) is 0 Å². The monoisotopic (exact) mass is 340 g/mol. The molecule has 0 atom stereocenters. The first-order valence-electron chi connectivity index (χ1n) is 5.76. The lowest BCUT2D eigenvalue weighted by Crippen LogP contribution is -2.07. The van der Waals surface area contributed by atoms with E-state index in [0.717, 1.165) is 0 Å². The third kappa shape index (κ3) is 3.07. The molecule has 0 amide bonds. The molecule has 1 N–H and O–H groups in total. The van der Waals surface area contributed by atoms with E-state index in [1.807, 2.05) is 0 Å². The Morgan fingerprint density at radius 2 is 1.86 bits per heavy atom. The van der Waals surface area contributed by atoms with Gasteiger partial charge in [0.25, 0.3) is 5.95 Å². The van der Waals surface area contributed by atoms with Crippen molar-refractivity contribution < 1.29 is 0 Å². The summed E-state index contributed by atoms with van der Waals surface area (Å²) in [7, 11) is 0. The Labute approximate surface area is 134 Å². The number of hydrogen-bond acceptors (Lipinski definition) is 5. The molecule has 0 aliphatic rings. The van der Waals surface area contributed by atoms with Crippen LogP contribution in [0.2, 0.25) is 15.3 Å². The van der Waals surface area contributed by atoms with Gasteiger partial charge in [0.05, 0.1) is 15.7 Å². The van der Waals surface area contributed by atoms with Crippen LogP contribution < -0.4 is 5.32 Å². The van der Waals surface area contributed by atoms with E-state index >= 15 is 0 Å². The van der Waals surface area contributed by atoms with Gasteiger partial charge in [-0.25, -0.2) is 4.68 Å².